The van der Waals surface area contributed by atoms with E-state index in [0.717, 1.165) is 32.7 Å². The zero-order valence-electron chi connectivity index (χ0n) is 15.6. The Labute approximate surface area is 168 Å². The molecule has 2 aliphatic heterocycles. The first-order valence-electron chi connectivity index (χ1n) is 9.28. The number of fused-ring (bicyclic) bond motifs is 1. The second kappa shape index (κ2) is 7.62. The molecule has 0 bridgehead atoms. The molecule has 5 nitrogen and oxygen atoms in total. The van der Waals surface area contributed by atoms with E-state index in [1.54, 1.807) is 0 Å². The van der Waals surface area contributed by atoms with Crippen molar-refractivity contribution < 1.29 is 14.0 Å². The number of rotatable bonds is 4. The number of ketones is 1. The molecule has 146 valence electrons. The van der Waals surface area contributed by atoms with Crippen LogP contribution in [0.1, 0.15) is 21.5 Å². The fourth-order valence-electron chi connectivity index (χ4n) is 3.84. The number of hydrogen-bond donors (Lipinski definition) is 0. The summed E-state index contributed by atoms with van der Waals surface area (Å²) in [6, 6.07) is 11.0. The number of carbonyl (C=O) groups is 2. The van der Waals surface area contributed by atoms with E-state index in [1.807, 2.05) is 0 Å². The number of anilines is 1. The molecule has 0 N–H and O–H groups in total. The average molecular weight is 402 g/mol. The minimum Gasteiger partial charge on any atom is -0.297 e. The van der Waals surface area contributed by atoms with Crippen LogP contribution in [-0.4, -0.2) is 54.3 Å². The Morgan fingerprint density at radius 3 is 2.46 bits per heavy atom. The van der Waals surface area contributed by atoms with Gasteiger partial charge in [0.25, 0.3) is 5.78 Å². The number of aryl methyl sites for hydroxylation is 1. The summed E-state index contributed by atoms with van der Waals surface area (Å²) in [6.45, 7) is 6.31. The number of carbonyl (C=O) groups excluding carboxylic acids is 2. The minimum atomic E-state index is -0.738. The van der Waals surface area contributed by atoms with Crippen LogP contribution in [0.4, 0.5) is 10.1 Å². The number of Topliss-reactive ketones (excluding diaryl/α,β-unsaturated/α-hetero) is 1. The summed E-state index contributed by atoms with van der Waals surface area (Å²) < 4.78 is 14.3. The first-order valence-corrected chi connectivity index (χ1v) is 9.66. The van der Waals surface area contributed by atoms with Crippen LogP contribution < -0.4 is 4.90 Å². The quantitative estimate of drug-likeness (QED) is 0.738. The van der Waals surface area contributed by atoms with Crippen LogP contribution in [0.15, 0.2) is 36.4 Å². The zero-order valence-corrected chi connectivity index (χ0v) is 16.4. The summed E-state index contributed by atoms with van der Waals surface area (Å²) in [5.41, 5.74) is 2.50. The number of benzene rings is 2. The van der Waals surface area contributed by atoms with Gasteiger partial charge in [-0.05, 0) is 24.6 Å². The molecule has 0 saturated carbocycles. The molecule has 1 fully saturated rings. The SMILES string of the molecule is Cc1cccc(CN2CCN(CN3C(=O)C(=O)c4c(Cl)ccc(F)c43)CC2)c1. The van der Waals surface area contributed by atoms with Gasteiger partial charge in [-0.3, -0.25) is 24.3 Å². The highest BCUT2D eigenvalue weighted by Crippen LogP contribution is 2.36. The van der Waals surface area contributed by atoms with Crippen LogP contribution in [0.5, 0.6) is 0 Å². The van der Waals surface area contributed by atoms with Gasteiger partial charge >= 0.3 is 5.91 Å². The van der Waals surface area contributed by atoms with E-state index in [-0.39, 0.29) is 22.9 Å². The van der Waals surface area contributed by atoms with Gasteiger partial charge in [0.05, 0.1) is 22.9 Å². The Morgan fingerprint density at radius 1 is 1.04 bits per heavy atom. The van der Waals surface area contributed by atoms with Crippen molar-refractivity contribution in [2.75, 3.05) is 37.7 Å². The van der Waals surface area contributed by atoms with Gasteiger partial charge in [0.15, 0.2) is 0 Å². The van der Waals surface area contributed by atoms with Gasteiger partial charge in [-0.25, -0.2) is 4.39 Å². The summed E-state index contributed by atoms with van der Waals surface area (Å²) in [7, 11) is 0. The highest BCUT2D eigenvalue weighted by atomic mass is 35.5. The Kier molecular flexibility index (Phi) is 5.19. The molecule has 2 aliphatic rings. The molecule has 28 heavy (non-hydrogen) atoms. The Bertz CT molecular complexity index is 941. The molecular formula is C21H21ClFN3O2. The molecule has 0 atom stereocenters. The van der Waals surface area contributed by atoms with Crippen molar-refractivity contribution >= 4 is 29.0 Å². The molecule has 2 aromatic carbocycles. The molecule has 0 aliphatic carbocycles. The minimum absolute atomic E-state index is 0.00434. The summed E-state index contributed by atoms with van der Waals surface area (Å²) in [6.07, 6.45) is 0. The third kappa shape index (κ3) is 3.55. The van der Waals surface area contributed by atoms with Gasteiger partial charge in [0.2, 0.25) is 0 Å². The number of halogens is 2. The predicted octanol–water partition coefficient (Wildman–Crippen LogP) is 3.09. The van der Waals surface area contributed by atoms with Gasteiger partial charge in [-0.1, -0.05) is 41.4 Å². The van der Waals surface area contributed by atoms with E-state index in [4.69, 9.17) is 11.6 Å². The lowest BCUT2D eigenvalue weighted by Gasteiger charge is -2.36. The van der Waals surface area contributed by atoms with E-state index < -0.39 is 17.5 Å². The average Bonchev–Trinajstić information content (AvgIpc) is 2.92. The third-order valence-corrected chi connectivity index (χ3v) is 5.62. The van der Waals surface area contributed by atoms with E-state index in [2.05, 4.69) is 41.0 Å². The predicted molar refractivity (Wildman–Crippen MR) is 106 cm³/mol. The molecule has 0 radical (unpaired) electrons. The summed E-state index contributed by atoms with van der Waals surface area (Å²) in [5.74, 6) is -2.06. The number of nitrogens with zero attached hydrogens (tertiary/aromatic N) is 3. The second-order valence-corrected chi connectivity index (χ2v) is 7.75. The van der Waals surface area contributed by atoms with Gasteiger partial charge in [-0.2, -0.15) is 0 Å². The molecule has 1 amide bonds. The zero-order chi connectivity index (χ0) is 19.8. The fraction of sp³-hybridized carbons (Fsp3) is 0.333. The molecular weight excluding hydrogens is 381 g/mol. The van der Waals surface area contributed by atoms with Crippen molar-refractivity contribution in [3.05, 3.63) is 63.9 Å². The molecule has 2 aromatic rings. The lowest BCUT2D eigenvalue weighted by molar-refractivity contribution is -0.114. The Balaban J connectivity index is 1.41. The van der Waals surface area contributed by atoms with Crippen molar-refractivity contribution in [3.63, 3.8) is 0 Å². The maximum absolute atomic E-state index is 14.3. The molecule has 0 spiro atoms. The van der Waals surface area contributed by atoms with E-state index in [9.17, 15) is 14.0 Å². The molecule has 2 heterocycles. The molecule has 0 unspecified atom stereocenters. The van der Waals surface area contributed by atoms with Crippen LogP contribution in [0.3, 0.4) is 0 Å². The molecule has 4 rings (SSSR count). The summed E-state index contributed by atoms with van der Waals surface area (Å²) >= 11 is 6.03. The van der Waals surface area contributed by atoms with E-state index in [1.165, 1.54) is 28.2 Å². The lowest BCUT2D eigenvalue weighted by atomic mass is 10.1. The van der Waals surface area contributed by atoms with Crippen LogP contribution in [0.25, 0.3) is 0 Å². The highest BCUT2D eigenvalue weighted by Gasteiger charge is 2.40. The third-order valence-electron chi connectivity index (χ3n) is 5.31. The van der Waals surface area contributed by atoms with Crippen molar-refractivity contribution in [2.24, 2.45) is 0 Å². The maximum Gasteiger partial charge on any atom is 0.300 e. The summed E-state index contributed by atoms with van der Waals surface area (Å²) in [5, 5.41) is 0.111. The number of piperazine rings is 1. The molecule has 1 saturated heterocycles. The van der Waals surface area contributed by atoms with Crippen LogP contribution in [-0.2, 0) is 11.3 Å². The Hall–Kier alpha value is -2.28. The van der Waals surface area contributed by atoms with E-state index in [0.29, 0.717) is 0 Å². The fourth-order valence-corrected chi connectivity index (χ4v) is 4.08. The number of hydrogen-bond acceptors (Lipinski definition) is 4. The topological polar surface area (TPSA) is 43.9 Å². The monoisotopic (exact) mass is 401 g/mol. The van der Waals surface area contributed by atoms with E-state index >= 15 is 0 Å². The normalized spacial score (nSPS) is 18.0. The maximum atomic E-state index is 14.3. The van der Waals surface area contributed by atoms with Crippen molar-refractivity contribution in [2.45, 2.75) is 13.5 Å². The van der Waals surface area contributed by atoms with Crippen LogP contribution in [0, 0.1) is 12.7 Å². The molecule has 0 aromatic heterocycles. The first kappa shape index (κ1) is 19.1. The van der Waals surface area contributed by atoms with Crippen molar-refractivity contribution in [3.8, 4) is 0 Å². The van der Waals surface area contributed by atoms with Gasteiger partial charge < -0.3 is 0 Å². The Morgan fingerprint density at radius 2 is 1.75 bits per heavy atom. The smallest absolute Gasteiger partial charge is 0.297 e. The largest absolute Gasteiger partial charge is 0.300 e. The van der Waals surface area contributed by atoms with Crippen molar-refractivity contribution in [1.82, 2.24) is 9.80 Å². The molecule has 7 heteroatoms. The second-order valence-electron chi connectivity index (χ2n) is 7.34. The summed E-state index contributed by atoms with van der Waals surface area (Å²) in [4.78, 5) is 30.3. The first-order chi connectivity index (χ1) is 13.4. The van der Waals surface area contributed by atoms with Crippen molar-refractivity contribution in [1.29, 1.82) is 0 Å². The van der Waals surface area contributed by atoms with Gasteiger partial charge in [0, 0.05) is 32.7 Å². The van der Waals surface area contributed by atoms with Gasteiger partial charge in [0.1, 0.15) is 5.82 Å². The van der Waals surface area contributed by atoms with Gasteiger partial charge in [-0.15, -0.1) is 0 Å². The number of amides is 1. The highest BCUT2D eigenvalue weighted by molar-refractivity contribution is 6.55. The van der Waals surface area contributed by atoms with Crippen LogP contribution in [0.2, 0.25) is 5.02 Å². The lowest BCUT2D eigenvalue weighted by Crippen LogP contribution is -2.50. The van der Waals surface area contributed by atoms with Crippen LogP contribution >= 0.6 is 11.6 Å². The standard InChI is InChI=1S/C21H21ClFN3O2/c1-14-3-2-4-15(11-14)12-24-7-9-25(10-8-24)13-26-19-17(23)6-5-16(22)18(19)20(27)21(26)28/h2-6,11H,7-10,12-13H2,1H3.